The number of thiophene rings is 1. The molecule has 0 bridgehead atoms. The summed E-state index contributed by atoms with van der Waals surface area (Å²) in [6.07, 6.45) is 2.57. The van der Waals surface area contributed by atoms with Crippen LogP contribution in [0, 0.1) is 0 Å². The van der Waals surface area contributed by atoms with E-state index in [1.807, 2.05) is 0 Å². The fraction of sp³-hybridized carbons (Fsp3) is 0.636. The molecule has 0 spiro atoms. The van der Waals surface area contributed by atoms with Crippen molar-refractivity contribution in [3.63, 3.8) is 0 Å². The van der Waals surface area contributed by atoms with Gasteiger partial charge in [-0.1, -0.05) is 0 Å². The van der Waals surface area contributed by atoms with Crippen LogP contribution in [-0.2, 0) is 19.4 Å². The standard InChI is InChI=1S/C11H15F2NS/c12-11(13)6-14-5-8-7-15-10-4-2-1-3-9(8)10/h7,11,14H,1-6H2. The second-order valence-corrected chi connectivity index (χ2v) is 4.86. The van der Waals surface area contributed by atoms with Gasteiger partial charge in [0.25, 0.3) is 6.43 Å². The second-order valence-electron chi connectivity index (χ2n) is 3.89. The Morgan fingerprint density at radius 1 is 1.33 bits per heavy atom. The van der Waals surface area contributed by atoms with E-state index in [4.69, 9.17) is 0 Å². The Labute approximate surface area is 92.5 Å². The Balaban J connectivity index is 1.94. The molecular formula is C11H15F2NS. The molecule has 0 atom stereocenters. The van der Waals surface area contributed by atoms with Gasteiger partial charge in [0.05, 0.1) is 6.54 Å². The van der Waals surface area contributed by atoms with Crippen LogP contribution in [0.5, 0.6) is 0 Å². The number of hydrogen-bond acceptors (Lipinski definition) is 2. The molecule has 4 heteroatoms. The summed E-state index contributed by atoms with van der Waals surface area (Å²) < 4.78 is 23.9. The molecule has 1 aromatic heterocycles. The minimum absolute atomic E-state index is 0.204. The van der Waals surface area contributed by atoms with Crippen molar-refractivity contribution >= 4 is 11.3 Å². The third-order valence-corrected chi connectivity index (χ3v) is 3.90. The summed E-state index contributed by atoms with van der Waals surface area (Å²) in [6, 6.07) is 0. The summed E-state index contributed by atoms with van der Waals surface area (Å²) in [5.41, 5.74) is 2.66. The average molecular weight is 231 g/mol. The number of hydrogen-bond donors (Lipinski definition) is 1. The lowest BCUT2D eigenvalue weighted by Gasteiger charge is -2.13. The fourth-order valence-corrected chi connectivity index (χ4v) is 3.17. The molecule has 0 radical (unpaired) electrons. The quantitative estimate of drug-likeness (QED) is 0.840. The number of fused-ring (bicyclic) bond motifs is 1. The first-order chi connectivity index (χ1) is 7.27. The third kappa shape index (κ3) is 2.75. The summed E-state index contributed by atoms with van der Waals surface area (Å²) in [5.74, 6) is 0. The van der Waals surface area contributed by atoms with E-state index in [1.54, 1.807) is 11.3 Å². The van der Waals surface area contributed by atoms with E-state index in [-0.39, 0.29) is 6.54 Å². The van der Waals surface area contributed by atoms with Crippen molar-refractivity contribution in [2.24, 2.45) is 0 Å². The molecule has 0 amide bonds. The zero-order chi connectivity index (χ0) is 10.7. The van der Waals surface area contributed by atoms with E-state index in [9.17, 15) is 8.78 Å². The van der Waals surface area contributed by atoms with Gasteiger partial charge < -0.3 is 5.32 Å². The summed E-state index contributed by atoms with van der Waals surface area (Å²) in [7, 11) is 0. The van der Waals surface area contributed by atoms with Crippen LogP contribution in [0.2, 0.25) is 0 Å². The molecule has 0 unspecified atom stereocenters. The Bertz CT molecular complexity index is 322. The molecule has 0 aromatic carbocycles. The zero-order valence-corrected chi connectivity index (χ0v) is 9.38. The molecular weight excluding hydrogens is 216 g/mol. The number of nitrogens with one attached hydrogen (secondary N) is 1. The lowest BCUT2D eigenvalue weighted by atomic mass is 9.96. The second kappa shape index (κ2) is 5.03. The summed E-state index contributed by atoms with van der Waals surface area (Å²) in [6.45, 7) is 0.390. The van der Waals surface area contributed by atoms with Crippen LogP contribution >= 0.6 is 11.3 Å². The van der Waals surface area contributed by atoms with Crippen molar-refractivity contribution in [3.05, 3.63) is 21.4 Å². The summed E-state index contributed by atoms with van der Waals surface area (Å²) >= 11 is 1.78. The van der Waals surface area contributed by atoms with Gasteiger partial charge >= 0.3 is 0 Å². The van der Waals surface area contributed by atoms with Crippen molar-refractivity contribution in [3.8, 4) is 0 Å². The monoisotopic (exact) mass is 231 g/mol. The average Bonchev–Trinajstić information content (AvgIpc) is 2.62. The van der Waals surface area contributed by atoms with Gasteiger partial charge in [-0.05, 0) is 42.2 Å². The molecule has 1 aliphatic rings. The van der Waals surface area contributed by atoms with Gasteiger partial charge in [0, 0.05) is 11.4 Å². The lowest BCUT2D eigenvalue weighted by molar-refractivity contribution is 0.145. The first-order valence-corrected chi connectivity index (χ1v) is 6.22. The van der Waals surface area contributed by atoms with Crippen LogP contribution in [0.25, 0.3) is 0 Å². The molecule has 1 nitrogen and oxygen atoms in total. The zero-order valence-electron chi connectivity index (χ0n) is 8.56. The molecule has 1 aliphatic carbocycles. The number of rotatable bonds is 4. The van der Waals surface area contributed by atoms with Gasteiger partial charge in [-0.15, -0.1) is 11.3 Å². The Morgan fingerprint density at radius 3 is 2.93 bits per heavy atom. The molecule has 0 saturated heterocycles. The summed E-state index contributed by atoms with van der Waals surface area (Å²) in [4.78, 5) is 1.47. The highest BCUT2D eigenvalue weighted by Gasteiger charge is 2.15. The largest absolute Gasteiger partial charge is 0.307 e. The molecule has 2 rings (SSSR count). The highest BCUT2D eigenvalue weighted by atomic mass is 32.1. The molecule has 15 heavy (non-hydrogen) atoms. The van der Waals surface area contributed by atoms with E-state index >= 15 is 0 Å². The van der Waals surface area contributed by atoms with E-state index in [1.165, 1.54) is 35.3 Å². The van der Waals surface area contributed by atoms with Crippen molar-refractivity contribution < 1.29 is 8.78 Å². The molecule has 0 fully saturated rings. The van der Waals surface area contributed by atoms with E-state index in [2.05, 4.69) is 10.7 Å². The maximum atomic E-state index is 11.9. The topological polar surface area (TPSA) is 12.0 Å². The normalized spacial score (nSPS) is 15.7. The fourth-order valence-electron chi connectivity index (χ4n) is 2.03. The van der Waals surface area contributed by atoms with Gasteiger partial charge in [0.1, 0.15) is 0 Å². The molecule has 84 valence electrons. The van der Waals surface area contributed by atoms with Crippen molar-refractivity contribution in [1.82, 2.24) is 5.32 Å². The van der Waals surface area contributed by atoms with Gasteiger partial charge in [-0.25, -0.2) is 8.78 Å². The number of alkyl halides is 2. The maximum Gasteiger partial charge on any atom is 0.250 e. The molecule has 1 N–H and O–H groups in total. The molecule has 1 aromatic rings. The van der Waals surface area contributed by atoms with Crippen LogP contribution < -0.4 is 5.32 Å². The first-order valence-electron chi connectivity index (χ1n) is 5.34. The highest BCUT2D eigenvalue weighted by Crippen LogP contribution is 2.29. The predicted molar refractivity (Wildman–Crippen MR) is 58.7 cm³/mol. The Morgan fingerprint density at radius 2 is 2.13 bits per heavy atom. The molecule has 1 heterocycles. The van der Waals surface area contributed by atoms with Crippen LogP contribution in [0.3, 0.4) is 0 Å². The SMILES string of the molecule is FC(F)CNCc1csc2c1CCCC2. The third-order valence-electron chi connectivity index (χ3n) is 2.76. The van der Waals surface area contributed by atoms with Gasteiger partial charge in [0.15, 0.2) is 0 Å². The van der Waals surface area contributed by atoms with Crippen molar-refractivity contribution in [2.45, 2.75) is 38.7 Å². The van der Waals surface area contributed by atoms with E-state index in [0.29, 0.717) is 6.54 Å². The van der Waals surface area contributed by atoms with Crippen molar-refractivity contribution in [2.75, 3.05) is 6.54 Å². The Kier molecular flexibility index (Phi) is 3.70. The minimum atomic E-state index is -2.25. The minimum Gasteiger partial charge on any atom is -0.307 e. The first kappa shape index (κ1) is 11.0. The predicted octanol–water partition coefficient (Wildman–Crippen LogP) is 2.98. The lowest BCUT2D eigenvalue weighted by Crippen LogP contribution is -2.21. The molecule has 0 saturated carbocycles. The van der Waals surface area contributed by atoms with Gasteiger partial charge in [-0.3, -0.25) is 0 Å². The summed E-state index contributed by atoms with van der Waals surface area (Å²) in [5, 5.41) is 4.91. The maximum absolute atomic E-state index is 11.9. The Hall–Kier alpha value is -0.480. The molecule has 0 aliphatic heterocycles. The van der Waals surface area contributed by atoms with Crippen LogP contribution in [-0.4, -0.2) is 13.0 Å². The van der Waals surface area contributed by atoms with Gasteiger partial charge in [-0.2, -0.15) is 0 Å². The smallest absolute Gasteiger partial charge is 0.250 e. The van der Waals surface area contributed by atoms with Gasteiger partial charge in [0.2, 0.25) is 0 Å². The number of aryl methyl sites for hydroxylation is 1. The van der Waals surface area contributed by atoms with E-state index < -0.39 is 6.43 Å². The van der Waals surface area contributed by atoms with Crippen LogP contribution in [0.15, 0.2) is 5.38 Å². The van der Waals surface area contributed by atoms with Crippen molar-refractivity contribution in [1.29, 1.82) is 0 Å². The van der Waals surface area contributed by atoms with E-state index in [0.717, 1.165) is 6.42 Å². The van der Waals surface area contributed by atoms with Crippen LogP contribution in [0.1, 0.15) is 28.8 Å². The highest BCUT2D eigenvalue weighted by molar-refractivity contribution is 7.10. The van der Waals surface area contributed by atoms with Crippen LogP contribution in [0.4, 0.5) is 8.78 Å². The number of halogens is 2.